The molecule has 0 aliphatic rings. The van der Waals surface area contributed by atoms with Gasteiger partial charge in [-0.05, 0) is 54.6 Å². The van der Waals surface area contributed by atoms with Gasteiger partial charge in [0.25, 0.3) is 0 Å². The molecule has 0 bridgehead atoms. The molecule has 21 heavy (non-hydrogen) atoms. The molecular formula is C16H11ClO4. The van der Waals surface area contributed by atoms with Crippen LogP contribution in [0.4, 0.5) is 0 Å². The number of carboxylic acid groups (broad SMARTS) is 1. The fourth-order valence-electron chi connectivity index (χ4n) is 1.57. The Morgan fingerprint density at radius 2 is 1.43 bits per heavy atom. The minimum absolute atomic E-state index is 0.379. The number of allylic oxidation sites excluding steroid dienone is 1. The zero-order chi connectivity index (χ0) is 15.2. The number of rotatable bonds is 5. The number of ketones is 1. The molecule has 0 aromatic heterocycles. The van der Waals surface area contributed by atoms with E-state index in [0.717, 1.165) is 12.2 Å². The summed E-state index contributed by atoms with van der Waals surface area (Å²) in [4.78, 5) is 22.0. The molecule has 106 valence electrons. The quantitative estimate of drug-likeness (QED) is 0.671. The molecule has 2 rings (SSSR count). The number of ether oxygens (including phenoxy) is 1. The lowest BCUT2D eigenvalue weighted by Crippen LogP contribution is -1.96. The summed E-state index contributed by atoms with van der Waals surface area (Å²) in [6.45, 7) is 0. The Bertz CT molecular complexity index is 672. The van der Waals surface area contributed by atoms with Crippen LogP contribution in [0.25, 0.3) is 0 Å². The normalized spacial score (nSPS) is 10.5. The Morgan fingerprint density at radius 3 is 1.95 bits per heavy atom. The number of carbonyl (C=O) groups is 2. The number of benzene rings is 2. The Labute approximate surface area is 126 Å². The average molecular weight is 303 g/mol. The molecular weight excluding hydrogens is 292 g/mol. The summed E-state index contributed by atoms with van der Waals surface area (Å²) in [5.41, 5.74) is 0.385. The molecule has 0 radical (unpaired) electrons. The molecule has 0 spiro atoms. The van der Waals surface area contributed by atoms with Crippen LogP contribution in [-0.4, -0.2) is 16.9 Å². The summed E-state index contributed by atoms with van der Waals surface area (Å²) in [7, 11) is 0. The monoisotopic (exact) mass is 302 g/mol. The van der Waals surface area contributed by atoms with Crippen LogP contribution in [0, 0.1) is 0 Å². The van der Waals surface area contributed by atoms with E-state index in [0.29, 0.717) is 22.1 Å². The van der Waals surface area contributed by atoms with Crippen LogP contribution in [0.15, 0.2) is 60.7 Å². The first-order chi connectivity index (χ1) is 10.0. The number of hydrogen-bond acceptors (Lipinski definition) is 3. The van der Waals surface area contributed by atoms with E-state index in [1.54, 1.807) is 48.5 Å². The number of carboxylic acids is 1. The Hall–Kier alpha value is -2.59. The van der Waals surface area contributed by atoms with E-state index in [1.807, 2.05) is 0 Å². The van der Waals surface area contributed by atoms with Gasteiger partial charge in [-0.2, -0.15) is 0 Å². The van der Waals surface area contributed by atoms with Crippen molar-refractivity contribution in [2.24, 2.45) is 0 Å². The maximum absolute atomic E-state index is 11.7. The van der Waals surface area contributed by atoms with Gasteiger partial charge in [-0.25, -0.2) is 4.79 Å². The van der Waals surface area contributed by atoms with Gasteiger partial charge in [0.1, 0.15) is 11.5 Å². The van der Waals surface area contributed by atoms with E-state index >= 15 is 0 Å². The van der Waals surface area contributed by atoms with Gasteiger partial charge in [0, 0.05) is 16.7 Å². The molecule has 1 N–H and O–H groups in total. The van der Waals surface area contributed by atoms with Crippen molar-refractivity contribution < 1.29 is 19.4 Å². The standard InChI is InChI=1S/C16H11ClO4/c17-12-3-7-14(8-4-12)21-13-5-1-11(2-6-13)15(18)9-10-16(19)20/h1-10H,(H,19,20)/b10-9+. The van der Waals surface area contributed by atoms with Crippen molar-refractivity contribution in [2.45, 2.75) is 0 Å². The summed E-state index contributed by atoms with van der Waals surface area (Å²) in [6.07, 6.45) is 1.82. The van der Waals surface area contributed by atoms with Crippen molar-refractivity contribution in [3.05, 3.63) is 71.3 Å². The van der Waals surface area contributed by atoms with Gasteiger partial charge in [-0.1, -0.05) is 11.6 Å². The minimum Gasteiger partial charge on any atom is -0.478 e. The van der Waals surface area contributed by atoms with Crippen molar-refractivity contribution in [3.8, 4) is 11.5 Å². The first-order valence-corrected chi connectivity index (χ1v) is 6.41. The maximum atomic E-state index is 11.7. The van der Waals surface area contributed by atoms with E-state index in [4.69, 9.17) is 21.4 Å². The molecule has 5 heteroatoms. The third-order valence-corrected chi connectivity index (χ3v) is 2.82. The van der Waals surface area contributed by atoms with Gasteiger partial charge >= 0.3 is 5.97 Å². The molecule has 2 aromatic carbocycles. The molecule has 0 aliphatic carbocycles. The van der Waals surface area contributed by atoms with Crippen molar-refractivity contribution in [3.63, 3.8) is 0 Å². The average Bonchev–Trinajstić information content (AvgIpc) is 2.48. The molecule has 0 saturated carbocycles. The lowest BCUT2D eigenvalue weighted by Gasteiger charge is -2.06. The summed E-state index contributed by atoms with van der Waals surface area (Å²) in [5, 5.41) is 9.09. The molecule has 0 heterocycles. The molecule has 0 atom stereocenters. The van der Waals surface area contributed by atoms with E-state index in [9.17, 15) is 9.59 Å². The van der Waals surface area contributed by atoms with Crippen molar-refractivity contribution >= 4 is 23.4 Å². The summed E-state index contributed by atoms with van der Waals surface area (Å²) in [5.74, 6) is -0.346. The molecule has 0 saturated heterocycles. The smallest absolute Gasteiger partial charge is 0.328 e. The number of hydrogen-bond donors (Lipinski definition) is 1. The molecule has 0 amide bonds. The third-order valence-electron chi connectivity index (χ3n) is 2.57. The van der Waals surface area contributed by atoms with E-state index in [2.05, 4.69) is 0 Å². The largest absolute Gasteiger partial charge is 0.478 e. The SMILES string of the molecule is O=C(O)/C=C/C(=O)c1ccc(Oc2ccc(Cl)cc2)cc1. The third kappa shape index (κ3) is 4.47. The van der Waals surface area contributed by atoms with Crippen LogP contribution in [0.2, 0.25) is 5.02 Å². The summed E-state index contributed by atoms with van der Waals surface area (Å²) >= 11 is 5.78. The van der Waals surface area contributed by atoms with Crippen LogP contribution in [0.5, 0.6) is 11.5 Å². The second kappa shape index (κ2) is 6.72. The van der Waals surface area contributed by atoms with Crippen molar-refractivity contribution in [2.75, 3.05) is 0 Å². The fourth-order valence-corrected chi connectivity index (χ4v) is 1.70. The highest BCUT2D eigenvalue weighted by atomic mass is 35.5. The summed E-state index contributed by atoms with van der Waals surface area (Å²) < 4.78 is 5.58. The zero-order valence-electron chi connectivity index (χ0n) is 10.8. The highest BCUT2D eigenvalue weighted by Crippen LogP contribution is 2.23. The first-order valence-electron chi connectivity index (χ1n) is 6.03. The lowest BCUT2D eigenvalue weighted by atomic mass is 10.1. The molecule has 0 fully saturated rings. The summed E-state index contributed by atoms with van der Waals surface area (Å²) in [6, 6.07) is 13.3. The van der Waals surface area contributed by atoms with Crippen LogP contribution in [0.3, 0.4) is 0 Å². The van der Waals surface area contributed by atoms with Crippen molar-refractivity contribution in [1.29, 1.82) is 0 Å². The van der Waals surface area contributed by atoms with E-state index < -0.39 is 5.97 Å². The van der Waals surface area contributed by atoms with Gasteiger partial charge < -0.3 is 9.84 Å². The topological polar surface area (TPSA) is 63.6 Å². The molecule has 2 aromatic rings. The van der Waals surface area contributed by atoms with Gasteiger partial charge in [-0.15, -0.1) is 0 Å². The van der Waals surface area contributed by atoms with Crippen LogP contribution in [-0.2, 0) is 4.79 Å². The zero-order valence-corrected chi connectivity index (χ0v) is 11.6. The maximum Gasteiger partial charge on any atom is 0.328 e. The van der Waals surface area contributed by atoms with Gasteiger partial charge in [0.15, 0.2) is 5.78 Å². The molecule has 4 nitrogen and oxygen atoms in total. The highest BCUT2D eigenvalue weighted by Gasteiger charge is 2.03. The fraction of sp³-hybridized carbons (Fsp3) is 0. The molecule has 0 unspecified atom stereocenters. The van der Waals surface area contributed by atoms with Crippen LogP contribution < -0.4 is 4.74 Å². The minimum atomic E-state index is -1.16. The van der Waals surface area contributed by atoms with E-state index in [-0.39, 0.29) is 5.78 Å². The van der Waals surface area contributed by atoms with Gasteiger partial charge in [0.05, 0.1) is 0 Å². The highest BCUT2D eigenvalue weighted by molar-refractivity contribution is 6.30. The lowest BCUT2D eigenvalue weighted by molar-refractivity contribution is -0.131. The predicted molar refractivity (Wildman–Crippen MR) is 79.1 cm³/mol. The number of aliphatic carboxylic acids is 1. The van der Waals surface area contributed by atoms with Gasteiger partial charge in [-0.3, -0.25) is 4.79 Å². The van der Waals surface area contributed by atoms with E-state index in [1.165, 1.54) is 0 Å². The number of carbonyl (C=O) groups excluding carboxylic acids is 1. The van der Waals surface area contributed by atoms with Crippen LogP contribution in [0.1, 0.15) is 10.4 Å². The van der Waals surface area contributed by atoms with Gasteiger partial charge in [0.2, 0.25) is 0 Å². The number of halogens is 1. The predicted octanol–water partition coefficient (Wildman–Crippen LogP) is 3.96. The first kappa shape index (κ1) is 14.8. The second-order valence-electron chi connectivity index (χ2n) is 4.12. The second-order valence-corrected chi connectivity index (χ2v) is 4.55. The Balaban J connectivity index is 2.06. The molecule has 0 aliphatic heterocycles. The Kier molecular flexibility index (Phi) is 4.74. The van der Waals surface area contributed by atoms with Crippen molar-refractivity contribution in [1.82, 2.24) is 0 Å². The Morgan fingerprint density at radius 1 is 0.905 bits per heavy atom. The van der Waals surface area contributed by atoms with Crippen LogP contribution >= 0.6 is 11.6 Å².